The van der Waals surface area contributed by atoms with E-state index in [9.17, 15) is 19.2 Å². The van der Waals surface area contributed by atoms with Gasteiger partial charge in [-0.25, -0.2) is 24.5 Å². The lowest BCUT2D eigenvalue weighted by Gasteiger charge is -2.00. The van der Waals surface area contributed by atoms with Crippen molar-refractivity contribution >= 4 is 24.1 Å². The van der Waals surface area contributed by atoms with Gasteiger partial charge in [0.2, 0.25) is 0 Å². The molecule has 8 heteroatoms. The fraction of sp³-hybridized carbons (Fsp3) is 0.333. The minimum Gasteiger partial charge on any atom is -0.463 e. The summed E-state index contributed by atoms with van der Waals surface area (Å²) >= 11 is 0. The minimum absolute atomic E-state index is 0.154. The highest BCUT2D eigenvalue weighted by atomic mass is 16.6. The fourth-order valence-electron chi connectivity index (χ4n) is 0.612. The molecule has 0 aromatic rings. The minimum atomic E-state index is -1.31. The summed E-state index contributed by atoms with van der Waals surface area (Å²) in [4.78, 5) is 43.0. The normalized spacial score (nSPS) is 9.53. The number of alkyl carbamates (subject to hydrolysis) is 2. The Bertz CT molecular complexity index is 347. The molecule has 94 valence electrons. The van der Waals surface area contributed by atoms with Crippen LogP contribution in [0.5, 0.6) is 0 Å². The van der Waals surface area contributed by atoms with Crippen LogP contribution in [-0.2, 0) is 23.8 Å². The van der Waals surface area contributed by atoms with Crippen LogP contribution in [-0.4, -0.2) is 37.8 Å². The Kier molecular flexibility index (Phi) is 6.75. The van der Waals surface area contributed by atoms with Gasteiger partial charge in [-0.1, -0.05) is 0 Å². The number of hydrogen-bond acceptors (Lipinski definition) is 7. The van der Waals surface area contributed by atoms with Gasteiger partial charge in [0.05, 0.1) is 13.7 Å². The number of amides is 2. The van der Waals surface area contributed by atoms with Crippen LogP contribution in [0.25, 0.3) is 0 Å². The van der Waals surface area contributed by atoms with Gasteiger partial charge in [0, 0.05) is 12.2 Å². The van der Waals surface area contributed by atoms with Crippen molar-refractivity contribution in [3.63, 3.8) is 0 Å². The Morgan fingerprint density at radius 2 is 1.65 bits per heavy atom. The van der Waals surface area contributed by atoms with Crippen molar-refractivity contribution in [3.8, 4) is 0 Å². The van der Waals surface area contributed by atoms with Gasteiger partial charge in [0.15, 0.2) is 0 Å². The number of nitrogens with one attached hydrogen (secondary N) is 1. The SMILES string of the molecule is CCOC(=O)/C=C/C(=O)OC(=O)NC(=O)OC. The monoisotopic (exact) mass is 245 g/mol. The summed E-state index contributed by atoms with van der Waals surface area (Å²) in [5.74, 6) is -1.88. The molecule has 0 fully saturated rings. The highest BCUT2D eigenvalue weighted by Gasteiger charge is 2.11. The first-order valence-corrected chi connectivity index (χ1v) is 4.45. The van der Waals surface area contributed by atoms with E-state index in [4.69, 9.17) is 0 Å². The third-order valence-corrected chi connectivity index (χ3v) is 1.22. The molecule has 0 atom stereocenters. The van der Waals surface area contributed by atoms with E-state index in [1.807, 2.05) is 0 Å². The summed E-state index contributed by atoms with van der Waals surface area (Å²) in [5, 5.41) is 1.58. The van der Waals surface area contributed by atoms with E-state index in [0.29, 0.717) is 6.08 Å². The topological polar surface area (TPSA) is 108 Å². The van der Waals surface area contributed by atoms with Gasteiger partial charge in [-0.05, 0) is 6.92 Å². The van der Waals surface area contributed by atoms with Crippen LogP contribution in [0.2, 0.25) is 0 Å². The number of carbonyl (C=O) groups excluding carboxylic acids is 4. The molecule has 0 aromatic heterocycles. The summed E-state index contributed by atoms with van der Waals surface area (Å²) in [6.07, 6.45) is -0.904. The van der Waals surface area contributed by atoms with Crippen molar-refractivity contribution in [2.45, 2.75) is 6.92 Å². The largest absolute Gasteiger partial charge is 0.463 e. The zero-order valence-corrected chi connectivity index (χ0v) is 9.22. The molecule has 8 nitrogen and oxygen atoms in total. The van der Waals surface area contributed by atoms with Crippen molar-refractivity contribution < 1.29 is 33.4 Å². The van der Waals surface area contributed by atoms with Crippen LogP contribution in [0.15, 0.2) is 12.2 Å². The van der Waals surface area contributed by atoms with Crippen LogP contribution < -0.4 is 5.32 Å². The maximum absolute atomic E-state index is 10.9. The van der Waals surface area contributed by atoms with E-state index < -0.39 is 24.1 Å². The van der Waals surface area contributed by atoms with Crippen molar-refractivity contribution in [3.05, 3.63) is 12.2 Å². The quantitative estimate of drug-likeness (QED) is 0.325. The number of imide groups is 1. The van der Waals surface area contributed by atoms with Crippen LogP contribution in [0.1, 0.15) is 6.92 Å². The summed E-state index contributed by atoms with van der Waals surface area (Å²) in [6.45, 7) is 1.74. The van der Waals surface area contributed by atoms with Crippen LogP contribution >= 0.6 is 0 Å². The Labute approximate surface area is 96.5 Å². The zero-order valence-electron chi connectivity index (χ0n) is 9.22. The van der Waals surface area contributed by atoms with Gasteiger partial charge in [-0.3, -0.25) is 0 Å². The fourth-order valence-corrected chi connectivity index (χ4v) is 0.612. The van der Waals surface area contributed by atoms with Gasteiger partial charge in [-0.2, -0.15) is 0 Å². The van der Waals surface area contributed by atoms with Gasteiger partial charge < -0.3 is 14.2 Å². The first kappa shape index (κ1) is 14.6. The zero-order chi connectivity index (χ0) is 13.3. The molecule has 0 spiro atoms. The van der Waals surface area contributed by atoms with E-state index in [1.165, 1.54) is 0 Å². The Balaban J connectivity index is 4.05. The number of carbonyl (C=O) groups is 4. The van der Waals surface area contributed by atoms with Gasteiger partial charge >= 0.3 is 24.1 Å². The lowest BCUT2D eigenvalue weighted by atomic mass is 10.5. The van der Waals surface area contributed by atoms with Crippen molar-refractivity contribution in [2.75, 3.05) is 13.7 Å². The van der Waals surface area contributed by atoms with Crippen molar-refractivity contribution in [2.24, 2.45) is 0 Å². The van der Waals surface area contributed by atoms with Gasteiger partial charge in [0.1, 0.15) is 0 Å². The molecular formula is C9H11NO7. The average Bonchev–Trinajstić information content (AvgIpc) is 2.26. The first-order valence-electron chi connectivity index (χ1n) is 4.45. The molecule has 0 aliphatic heterocycles. The van der Waals surface area contributed by atoms with E-state index in [-0.39, 0.29) is 6.61 Å². The molecule has 0 aliphatic rings. The summed E-state index contributed by atoms with van der Waals surface area (Å²) in [6, 6.07) is 0. The molecule has 0 unspecified atom stereocenters. The molecule has 0 radical (unpaired) electrons. The van der Waals surface area contributed by atoms with Crippen LogP contribution in [0.3, 0.4) is 0 Å². The summed E-state index contributed by atoms with van der Waals surface area (Å²) < 4.78 is 12.6. The highest BCUT2D eigenvalue weighted by Crippen LogP contribution is 1.87. The molecule has 0 heterocycles. The number of rotatable bonds is 3. The summed E-state index contributed by atoms with van der Waals surface area (Å²) in [7, 11) is 1.03. The Morgan fingerprint density at radius 1 is 1.06 bits per heavy atom. The van der Waals surface area contributed by atoms with Crippen molar-refractivity contribution in [1.29, 1.82) is 0 Å². The molecule has 1 N–H and O–H groups in total. The second-order valence-electron chi connectivity index (χ2n) is 2.41. The Hall–Kier alpha value is -2.38. The predicted molar refractivity (Wildman–Crippen MR) is 52.8 cm³/mol. The van der Waals surface area contributed by atoms with Gasteiger partial charge in [-0.15, -0.1) is 0 Å². The molecular weight excluding hydrogens is 234 g/mol. The van der Waals surface area contributed by atoms with Crippen molar-refractivity contribution in [1.82, 2.24) is 5.32 Å². The molecule has 0 rings (SSSR count). The number of esters is 2. The van der Waals surface area contributed by atoms with E-state index in [1.54, 1.807) is 12.2 Å². The standard InChI is InChI=1S/C9H11NO7/c1-3-16-6(11)4-5-7(12)17-9(14)10-8(13)15-2/h4-5H,3H2,1-2H3,(H,10,13,14)/b5-4+. The molecule has 2 amide bonds. The molecule has 0 aromatic carbocycles. The predicted octanol–water partition coefficient (Wildman–Crippen LogP) is 0.125. The second kappa shape index (κ2) is 7.85. The molecule has 0 saturated carbocycles. The molecule has 0 saturated heterocycles. The Morgan fingerprint density at radius 3 is 2.18 bits per heavy atom. The third-order valence-electron chi connectivity index (χ3n) is 1.22. The number of ether oxygens (including phenoxy) is 3. The lowest BCUT2D eigenvalue weighted by molar-refractivity contribution is -0.138. The van der Waals surface area contributed by atoms with E-state index >= 15 is 0 Å². The van der Waals surface area contributed by atoms with E-state index in [2.05, 4.69) is 14.2 Å². The first-order chi connectivity index (χ1) is 7.99. The molecule has 0 bridgehead atoms. The van der Waals surface area contributed by atoms with Crippen LogP contribution in [0, 0.1) is 0 Å². The van der Waals surface area contributed by atoms with E-state index in [0.717, 1.165) is 13.2 Å². The summed E-state index contributed by atoms with van der Waals surface area (Å²) in [5.41, 5.74) is 0. The third kappa shape index (κ3) is 7.54. The maximum atomic E-state index is 10.9. The molecule has 17 heavy (non-hydrogen) atoms. The van der Waals surface area contributed by atoms with Crippen LogP contribution in [0.4, 0.5) is 9.59 Å². The molecule has 0 aliphatic carbocycles. The highest BCUT2D eigenvalue weighted by molar-refractivity contribution is 5.99. The average molecular weight is 245 g/mol. The second-order valence-corrected chi connectivity index (χ2v) is 2.41. The lowest BCUT2D eigenvalue weighted by Crippen LogP contribution is -2.32. The number of hydrogen-bond donors (Lipinski definition) is 1. The smallest absolute Gasteiger partial charge is 0.424 e. The number of methoxy groups -OCH3 is 1. The van der Waals surface area contributed by atoms with Gasteiger partial charge in [0.25, 0.3) is 0 Å². The maximum Gasteiger partial charge on any atom is 0.424 e.